The minimum Gasteiger partial charge on any atom is -0.370 e. The number of aryl methyl sites for hydroxylation is 1. The fourth-order valence-electron chi connectivity index (χ4n) is 2.17. The van der Waals surface area contributed by atoms with Gasteiger partial charge in [-0.2, -0.15) is 0 Å². The first kappa shape index (κ1) is 10.5. The molecule has 1 aromatic heterocycles. The van der Waals surface area contributed by atoms with Gasteiger partial charge in [0.05, 0.1) is 11.4 Å². The van der Waals surface area contributed by atoms with Crippen molar-refractivity contribution in [2.24, 2.45) is 0 Å². The van der Waals surface area contributed by atoms with Gasteiger partial charge in [-0.25, -0.2) is 0 Å². The summed E-state index contributed by atoms with van der Waals surface area (Å²) in [4.78, 5) is 7.04. The Morgan fingerprint density at radius 3 is 2.93 bits per heavy atom. The lowest BCUT2D eigenvalue weighted by Crippen LogP contribution is -2.29. The van der Waals surface area contributed by atoms with Crippen molar-refractivity contribution in [1.29, 1.82) is 0 Å². The van der Waals surface area contributed by atoms with E-state index in [4.69, 9.17) is 0 Å². The number of nitrogens with zero attached hydrogens (tertiary/aromatic N) is 2. The maximum atomic E-state index is 4.60. The molecule has 2 nitrogen and oxygen atoms in total. The van der Waals surface area contributed by atoms with Crippen LogP contribution < -0.4 is 4.90 Å². The van der Waals surface area contributed by atoms with Crippen LogP contribution in [-0.4, -0.2) is 18.1 Å². The molecule has 0 unspecified atom stereocenters. The summed E-state index contributed by atoms with van der Waals surface area (Å²) in [6.45, 7) is 8.95. The third-order valence-corrected chi connectivity index (χ3v) is 3.20. The molecular formula is C13H20N2. The number of hydrogen-bond acceptors (Lipinski definition) is 2. The molecule has 1 aromatic rings. The monoisotopic (exact) mass is 204 g/mol. The topological polar surface area (TPSA) is 16.1 Å². The van der Waals surface area contributed by atoms with E-state index in [-0.39, 0.29) is 0 Å². The van der Waals surface area contributed by atoms with Crippen LogP contribution in [0.25, 0.3) is 0 Å². The Labute approximate surface area is 92.3 Å². The molecule has 0 saturated heterocycles. The summed E-state index contributed by atoms with van der Waals surface area (Å²) in [6.07, 6.45) is 4.43. The van der Waals surface area contributed by atoms with Gasteiger partial charge in [-0.15, -0.1) is 0 Å². The van der Waals surface area contributed by atoms with Gasteiger partial charge in [0.15, 0.2) is 0 Å². The first-order valence-electron chi connectivity index (χ1n) is 5.96. The maximum absolute atomic E-state index is 4.60. The van der Waals surface area contributed by atoms with Crippen molar-refractivity contribution < 1.29 is 0 Å². The van der Waals surface area contributed by atoms with Gasteiger partial charge in [-0.1, -0.05) is 13.8 Å². The molecule has 0 radical (unpaired) electrons. The Morgan fingerprint density at radius 2 is 2.27 bits per heavy atom. The Morgan fingerprint density at radius 1 is 1.47 bits per heavy atom. The van der Waals surface area contributed by atoms with Crippen LogP contribution in [0.1, 0.15) is 44.4 Å². The fraction of sp³-hybridized carbons (Fsp3) is 0.615. The molecule has 15 heavy (non-hydrogen) atoms. The summed E-state index contributed by atoms with van der Waals surface area (Å²) in [5.41, 5.74) is 4.01. The molecule has 0 N–H and O–H groups in total. The fourth-order valence-corrected chi connectivity index (χ4v) is 2.17. The molecule has 0 saturated carbocycles. The number of hydrogen-bond donors (Lipinski definition) is 0. The highest BCUT2D eigenvalue weighted by atomic mass is 15.1. The van der Waals surface area contributed by atoms with Crippen LogP contribution >= 0.6 is 0 Å². The summed E-state index contributed by atoms with van der Waals surface area (Å²) in [5.74, 6) is 0.573. The minimum atomic E-state index is 0.573. The van der Waals surface area contributed by atoms with Crippen molar-refractivity contribution in [1.82, 2.24) is 4.98 Å². The van der Waals surface area contributed by atoms with Crippen molar-refractivity contribution in [2.75, 3.05) is 18.0 Å². The number of fused-ring (bicyclic) bond motifs is 1. The molecule has 82 valence electrons. The molecule has 0 amide bonds. The lowest BCUT2D eigenvalue weighted by molar-refractivity contribution is 0.688. The van der Waals surface area contributed by atoms with Crippen molar-refractivity contribution in [3.05, 3.63) is 23.5 Å². The molecule has 0 spiro atoms. The quantitative estimate of drug-likeness (QED) is 0.736. The van der Waals surface area contributed by atoms with Crippen LogP contribution in [-0.2, 0) is 6.42 Å². The number of pyridine rings is 1. The first-order chi connectivity index (χ1) is 7.22. The first-order valence-corrected chi connectivity index (χ1v) is 5.96. The molecule has 1 aliphatic heterocycles. The predicted molar refractivity (Wildman–Crippen MR) is 64.5 cm³/mol. The van der Waals surface area contributed by atoms with Crippen LogP contribution in [0.2, 0.25) is 0 Å². The average molecular weight is 204 g/mol. The van der Waals surface area contributed by atoms with E-state index >= 15 is 0 Å². The van der Waals surface area contributed by atoms with E-state index in [2.05, 4.69) is 36.7 Å². The molecule has 0 fully saturated rings. The SMILES string of the molecule is CCN1CCCc2ncc(C(C)C)cc21. The van der Waals surface area contributed by atoms with E-state index in [9.17, 15) is 0 Å². The third-order valence-electron chi connectivity index (χ3n) is 3.20. The molecular weight excluding hydrogens is 184 g/mol. The van der Waals surface area contributed by atoms with E-state index in [0.717, 1.165) is 13.0 Å². The lowest BCUT2D eigenvalue weighted by Gasteiger charge is -2.30. The molecule has 1 aliphatic rings. The van der Waals surface area contributed by atoms with E-state index in [1.165, 1.54) is 29.9 Å². The normalized spacial score (nSPS) is 15.6. The molecule has 0 aliphatic carbocycles. The second-order valence-corrected chi connectivity index (χ2v) is 4.57. The molecule has 2 rings (SSSR count). The highest BCUT2D eigenvalue weighted by molar-refractivity contribution is 5.54. The van der Waals surface area contributed by atoms with Crippen LogP contribution in [0.4, 0.5) is 5.69 Å². The number of rotatable bonds is 2. The summed E-state index contributed by atoms with van der Waals surface area (Å²) >= 11 is 0. The van der Waals surface area contributed by atoms with Crippen LogP contribution in [0.15, 0.2) is 12.3 Å². The van der Waals surface area contributed by atoms with Crippen molar-refractivity contribution in [3.8, 4) is 0 Å². The summed E-state index contributed by atoms with van der Waals surface area (Å²) in [5, 5.41) is 0. The predicted octanol–water partition coefficient (Wildman–Crippen LogP) is 2.98. The van der Waals surface area contributed by atoms with Crippen molar-refractivity contribution in [2.45, 2.75) is 39.5 Å². The summed E-state index contributed by atoms with van der Waals surface area (Å²) in [7, 11) is 0. The van der Waals surface area contributed by atoms with Gasteiger partial charge >= 0.3 is 0 Å². The number of anilines is 1. The largest absolute Gasteiger partial charge is 0.370 e. The van der Waals surface area contributed by atoms with Gasteiger partial charge in [0.25, 0.3) is 0 Å². The standard InChI is InChI=1S/C13H20N2/c1-4-15-7-5-6-12-13(15)8-11(9-14-12)10(2)3/h8-10H,4-7H2,1-3H3. The minimum absolute atomic E-state index is 0.573. The van der Waals surface area contributed by atoms with Gasteiger partial charge in [0.2, 0.25) is 0 Å². The highest BCUT2D eigenvalue weighted by Gasteiger charge is 2.17. The zero-order valence-electron chi connectivity index (χ0n) is 9.95. The smallest absolute Gasteiger partial charge is 0.0637 e. The Balaban J connectivity index is 2.39. The molecule has 0 aromatic carbocycles. The van der Waals surface area contributed by atoms with Crippen LogP contribution in [0.3, 0.4) is 0 Å². The lowest BCUT2D eigenvalue weighted by atomic mass is 10.0. The van der Waals surface area contributed by atoms with Gasteiger partial charge < -0.3 is 4.90 Å². The zero-order chi connectivity index (χ0) is 10.8. The van der Waals surface area contributed by atoms with E-state index < -0.39 is 0 Å². The van der Waals surface area contributed by atoms with E-state index in [1.807, 2.05) is 6.20 Å². The summed E-state index contributed by atoms with van der Waals surface area (Å²) in [6, 6.07) is 2.33. The van der Waals surface area contributed by atoms with Crippen LogP contribution in [0.5, 0.6) is 0 Å². The molecule has 2 heteroatoms. The molecule has 0 bridgehead atoms. The Hall–Kier alpha value is -1.05. The molecule has 2 heterocycles. The second kappa shape index (κ2) is 4.21. The Kier molecular flexibility index (Phi) is 2.94. The van der Waals surface area contributed by atoms with Gasteiger partial charge in [-0.3, -0.25) is 4.98 Å². The van der Waals surface area contributed by atoms with Crippen molar-refractivity contribution >= 4 is 5.69 Å². The van der Waals surface area contributed by atoms with Crippen molar-refractivity contribution in [3.63, 3.8) is 0 Å². The maximum Gasteiger partial charge on any atom is 0.0637 e. The Bertz CT molecular complexity index is 344. The van der Waals surface area contributed by atoms with Crippen LogP contribution in [0, 0.1) is 0 Å². The van der Waals surface area contributed by atoms with Gasteiger partial charge in [0.1, 0.15) is 0 Å². The number of aromatic nitrogens is 1. The third kappa shape index (κ3) is 1.99. The summed E-state index contributed by atoms with van der Waals surface area (Å²) < 4.78 is 0. The van der Waals surface area contributed by atoms with Gasteiger partial charge in [0, 0.05) is 19.3 Å². The highest BCUT2D eigenvalue weighted by Crippen LogP contribution is 2.28. The van der Waals surface area contributed by atoms with Gasteiger partial charge in [-0.05, 0) is 37.3 Å². The second-order valence-electron chi connectivity index (χ2n) is 4.57. The zero-order valence-corrected chi connectivity index (χ0v) is 9.95. The molecule has 0 atom stereocenters. The van der Waals surface area contributed by atoms with E-state index in [1.54, 1.807) is 0 Å². The average Bonchev–Trinajstić information content (AvgIpc) is 2.27. The van der Waals surface area contributed by atoms with E-state index in [0.29, 0.717) is 5.92 Å².